The number of carboxylic acids is 1. The summed E-state index contributed by atoms with van der Waals surface area (Å²) in [5, 5.41) is 15.7. The molecular weight excluding hydrogens is 96.0 g/mol. The number of nitrogens with zero attached hydrogens (tertiary/aromatic N) is 2. The van der Waals surface area contributed by atoms with Gasteiger partial charge in [-0.2, -0.15) is 0 Å². The summed E-state index contributed by atoms with van der Waals surface area (Å²) in [6.45, 7) is 1.28. The summed E-state index contributed by atoms with van der Waals surface area (Å²) in [4.78, 5) is 12.2. The van der Waals surface area contributed by atoms with Crippen LogP contribution in [0.2, 0.25) is 0 Å². The minimum Gasteiger partial charge on any atom is -0.475 e. The van der Waals surface area contributed by atoms with E-state index in [0.717, 1.165) is 0 Å². The maximum Gasteiger partial charge on any atom is 0.405 e. The van der Waals surface area contributed by atoms with Gasteiger partial charge in [-0.25, -0.2) is 4.79 Å². The Balaban J connectivity index is 3.63. The summed E-state index contributed by atoms with van der Waals surface area (Å²) < 4.78 is 0. The van der Waals surface area contributed by atoms with Crippen LogP contribution in [0.15, 0.2) is 0 Å². The number of aliphatic carboxylic acids is 1. The summed E-state index contributed by atoms with van der Waals surface area (Å²) >= 11 is 0. The fourth-order valence-electron chi connectivity index (χ4n) is 0.0494. The molecule has 4 heteroatoms. The Morgan fingerprint density at radius 3 is 2.43 bits per heavy atom. The average Bonchev–Trinajstić information content (AvgIpc) is 1.65. The Labute approximate surface area is 40.4 Å². The van der Waals surface area contributed by atoms with Crippen molar-refractivity contribution in [3.8, 4) is 0 Å². The first-order valence-electron chi connectivity index (χ1n) is 1.75. The van der Waals surface area contributed by atoms with Crippen molar-refractivity contribution in [2.75, 3.05) is 0 Å². The molecule has 0 saturated carbocycles. The summed E-state index contributed by atoms with van der Waals surface area (Å²) in [7, 11) is 0. The van der Waals surface area contributed by atoms with Crippen molar-refractivity contribution in [2.24, 2.45) is 0 Å². The molecule has 0 saturated heterocycles. The van der Waals surface area contributed by atoms with E-state index in [0.29, 0.717) is 0 Å². The lowest BCUT2D eigenvalue weighted by Crippen LogP contribution is -2.09. The van der Waals surface area contributed by atoms with E-state index in [-0.39, 0.29) is 0 Å². The van der Waals surface area contributed by atoms with Crippen molar-refractivity contribution < 1.29 is 9.90 Å². The van der Waals surface area contributed by atoms with Gasteiger partial charge >= 0.3 is 12.0 Å². The lowest BCUT2D eigenvalue weighted by atomic mass is 10.4. The van der Waals surface area contributed by atoms with Crippen molar-refractivity contribution in [3.05, 3.63) is 4.98 Å². The zero-order valence-electron chi connectivity index (χ0n) is 3.83. The van der Waals surface area contributed by atoms with Crippen LogP contribution < -0.4 is 0 Å². The smallest absolute Gasteiger partial charge is 0.405 e. The molecule has 0 amide bonds. The van der Waals surface area contributed by atoms with E-state index >= 15 is 0 Å². The molecule has 0 bridgehead atoms. The van der Waals surface area contributed by atoms with Gasteiger partial charge in [-0.05, 0) is 0 Å². The highest BCUT2D eigenvalue weighted by molar-refractivity contribution is 5.74. The molecule has 38 valence electrons. The topological polar surface area (TPSA) is 65.5 Å². The second kappa shape index (κ2) is 2.13. The maximum absolute atomic E-state index is 9.68. The SMILES string of the molecule is C[C@@H]([N+]#N)C(=O)O. The molecule has 0 aliphatic heterocycles. The first-order valence-corrected chi connectivity index (χ1v) is 1.75. The van der Waals surface area contributed by atoms with Crippen LogP contribution in [0.1, 0.15) is 6.92 Å². The fraction of sp³-hybridized carbons (Fsp3) is 0.667. The Bertz CT molecular complexity index is 115. The number of hydrogen-bond acceptors (Lipinski definition) is 2. The van der Waals surface area contributed by atoms with Crippen LogP contribution in [0.3, 0.4) is 0 Å². The summed E-state index contributed by atoms with van der Waals surface area (Å²) in [5.74, 6) is -1.12. The van der Waals surface area contributed by atoms with Crippen LogP contribution >= 0.6 is 0 Å². The monoisotopic (exact) mass is 101 g/mol. The van der Waals surface area contributed by atoms with Crippen LogP contribution in [0.25, 0.3) is 4.98 Å². The molecule has 4 nitrogen and oxygen atoms in total. The predicted molar refractivity (Wildman–Crippen MR) is 22.2 cm³/mol. The van der Waals surface area contributed by atoms with Crippen molar-refractivity contribution in [2.45, 2.75) is 13.0 Å². The highest BCUT2D eigenvalue weighted by Crippen LogP contribution is 1.84. The molecule has 0 radical (unpaired) electrons. The standard InChI is InChI=1S/C3H4N2O2/c1-2(5-4)3(6)7/h2H,1H3/p+1/t2-/m1/s1. The highest BCUT2D eigenvalue weighted by Gasteiger charge is 2.21. The molecule has 0 aromatic heterocycles. The van der Waals surface area contributed by atoms with Gasteiger partial charge in [0.1, 0.15) is 4.98 Å². The van der Waals surface area contributed by atoms with Gasteiger partial charge in [0.25, 0.3) is 0 Å². The van der Waals surface area contributed by atoms with Gasteiger partial charge in [-0.3, -0.25) is 0 Å². The molecule has 0 spiro atoms. The largest absolute Gasteiger partial charge is 0.475 e. The Hall–Kier alpha value is -1.11. The Kier molecular flexibility index (Phi) is 1.79. The fourth-order valence-corrected chi connectivity index (χ4v) is 0.0494. The second-order valence-electron chi connectivity index (χ2n) is 1.13. The second-order valence-corrected chi connectivity index (χ2v) is 1.13. The van der Waals surface area contributed by atoms with Crippen molar-refractivity contribution >= 4 is 5.97 Å². The van der Waals surface area contributed by atoms with Crippen LogP contribution in [0.5, 0.6) is 0 Å². The van der Waals surface area contributed by atoms with Gasteiger partial charge in [0.2, 0.25) is 5.39 Å². The molecule has 1 atom stereocenters. The predicted octanol–water partition coefficient (Wildman–Crippen LogP) is 0.313. The van der Waals surface area contributed by atoms with Crippen molar-refractivity contribution in [1.82, 2.24) is 0 Å². The quantitative estimate of drug-likeness (QED) is 0.483. The number of carbonyl (C=O) groups is 1. The van der Waals surface area contributed by atoms with Gasteiger partial charge in [-0.1, -0.05) is 0 Å². The summed E-state index contributed by atoms with van der Waals surface area (Å²) in [5.41, 5.74) is 0. The molecule has 0 fully saturated rings. The number of hydrogen-bond donors (Lipinski definition) is 1. The van der Waals surface area contributed by atoms with Crippen LogP contribution in [0, 0.1) is 5.39 Å². The van der Waals surface area contributed by atoms with E-state index in [1.807, 2.05) is 0 Å². The minimum absolute atomic E-state index is 1.00. The van der Waals surface area contributed by atoms with E-state index in [4.69, 9.17) is 10.5 Å². The third-order valence-corrected chi connectivity index (χ3v) is 0.531. The third-order valence-electron chi connectivity index (χ3n) is 0.531. The molecule has 0 aromatic rings. The summed E-state index contributed by atoms with van der Waals surface area (Å²) in [6.07, 6.45) is 0. The molecule has 7 heavy (non-hydrogen) atoms. The first-order chi connectivity index (χ1) is 3.18. The summed E-state index contributed by atoms with van der Waals surface area (Å²) in [6, 6.07) is -1.00. The lowest BCUT2D eigenvalue weighted by Gasteiger charge is -1.74. The number of rotatable bonds is 1. The minimum atomic E-state index is -1.12. The van der Waals surface area contributed by atoms with Gasteiger partial charge in [0, 0.05) is 6.92 Å². The van der Waals surface area contributed by atoms with Crippen molar-refractivity contribution in [3.63, 3.8) is 0 Å². The van der Waals surface area contributed by atoms with Crippen LogP contribution in [-0.2, 0) is 4.79 Å². The zero-order valence-corrected chi connectivity index (χ0v) is 3.83. The van der Waals surface area contributed by atoms with E-state index in [2.05, 4.69) is 4.98 Å². The molecule has 0 rings (SSSR count). The van der Waals surface area contributed by atoms with Crippen LogP contribution in [0.4, 0.5) is 0 Å². The molecule has 0 aromatic carbocycles. The van der Waals surface area contributed by atoms with E-state index < -0.39 is 12.0 Å². The molecular formula is C3H5N2O2+. The normalized spacial score (nSPS) is 12.0. The van der Waals surface area contributed by atoms with Gasteiger partial charge in [0.15, 0.2) is 0 Å². The van der Waals surface area contributed by atoms with Gasteiger partial charge in [0.05, 0.1) is 0 Å². The van der Waals surface area contributed by atoms with Crippen LogP contribution in [-0.4, -0.2) is 17.1 Å². The maximum atomic E-state index is 9.68. The third kappa shape index (κ3) is 1.71. The molecule has 0 aliphatic rings. The average molecular weight is 101 g/mol. The van der Waals surface area contributed by atoms with Gasteiger partial charge in [-0.15, -0.1) is 0 Å². The number of carboxylic acid groups (broad SMARTS) is 1. The van der Waals surface area contributed by atoms with E-state index in [1.165, 1.54) is 6.92 Å². The Morgan fingerprint density at radius 2 is 2.43 bits per heavy atom. The van der Waals surface area contributed by atoms with Gasteiger partial charge < -0.3 is 5.11 Å². The van der Waals surface area contributed by atoms with E-state index in [9.17, 15) is 4.79 Å². The van der Waals surface area contributed by atoms with E-state index in [1.54, 1.807) is 0 Å². The molecule has 0 unspecified atom stereocenters. The molecule has 0 aliphatic carbocycles. The molecule has 0 heterocycles. The molecule has 1 N–H and O–H groups in total. The Morgan fingerprint density at radius 1 is 2.00 bits per heavy atom. The number of diazo groups is 1. The highest BCUT2D eigenvalue weighted by atomic mass is 16.4. The lowest BCUT2D eigenvalue weighted by molar-refractivity contribution is -0.137. The first kappa shape index (κ1) is 5.89. The zero-order chi connectivity index (χ0) is 5.86. The van der Waals surface area contributed by atoms with Crippen molar-refractivity contribution in [1.29, 1.82) is 5.39 Å².